The number of halogens is 2. The third-order valence-electron chi connectivity index (χ3n) is 1.42. The number of hydrogen-bond donors (Lipinski definition) is 0. The molecular formula is C7H5Cl2NO2S. The van der Waals surface area contributed by atoms with Crippen molar-refractivity contribution in [2.24, 2.45) is 0 Å². The van der Waals surface area contributed by atoms with E-state index >= 15 is 0 Å². The Bertz CT molecular complexity index is 357. The Hall–Kier alpha value is -0.450. The number of benzene rings is 1. The first-order valence-electron chi connectivity index (χ1n) is 3.23. The van der Waals surface area contributed by atoms with Crippen LogP contribution in [-0.2, 0) is 0 Å². The van der Waals surface area contributed by atoms with Crippen LogP contribution in [0, 0.1) is 10.1 Å². The van der Waals surface area contributed by atoms with Crippen molar-refractivity contribution in [3.8, 4) is 0 Å². The lowest BCUT2D eigenvalue weighted by Crippen LogP contribution is -1.90. The Balaban J connectivity index is 3.33. The van der Waals surface area contributed by atoms with E-state index in [1.165, 1.54) is 23.9 Å². The molecule has 0 bridgehead atoms. The van der Waals surface area contributed by atoms with Gasteiger partial charge in [-0.05, 0) is 12.3 Å². The zero-order chi connectivity index (χ0) is 10.0. The van der Waals surface area contributed by atoms with Crippen LogP contribution in [0.4, 0.5) is 5.69 Å². The molecule has 1 aromatic rings. The van der Waals surface area contributed by atoms with Crippen LogP contribution in [0.2, 0.25) is 10.0 Å². The van der Waals surface area contributed by atoms with Crippen LogP contribution < -0.4 is 0 Å². The fourth-order valence-corrected chi connectivity index (χ4v) is 1.79. The largest absolute Gasteiger partial charge is 0.284 e. The second kappa shape index (κ2) is 4.17. The summed E-state index contributed by atoms with van der Waals surface area (Å²) in [7, 11) is 0. The van der Waals surface area contributed by atoms with E-state index in [1.807, 2.05) is 0 Å². The van der Waals surface area contributed by atoms with E-state index in [4.69, 9.17) is 23.2 Å². The molecule has 0 aliphatic carbocycles. The summed E-state index contributed by atoms with van der Waals surface area (Å²) < 4.78 is 0. The molecule has 6 heteroatoms. The molecule has 0 unspecified atom stereocenters. The minimum Gasteiger partial charge on any atom is -0.258 e. The Labute approximate surface area is 89.2 Å². The Morgan fingerprint density at radius 1 is 1.38 bits per heavy atom. The van der Waals surface area contributed by atoms with Crippen LogP contribution in [-0.4, -0.2) is 11.2 Å². The Kier molecular flexibility index (Phi) is 3.41. The minimum absolute atomic E-state index is 0.0121. The maximum atomic E-state index is 10.5. The summed E-state index contributed by atoms with van der Waals surface area (Å²) in [6, 6.07) is 2.75. The molecule has 0 amide bonds. The van der Waals surface area contributed by atoms with Crippen molar-refractivity contribution in [3.05, 3.63) is 32.3 Å². The van der Waals surface area contributed by atoms with Crippen molar-refractivity contribution in [1.29, 1.82) is 0 Å². The molecular weight excluding hydrogens is 233 g/mol. The number of rotatable bonds is 2. The highest BCUT2D eigenvalue weighted by Crippen LogP contribution is 2.35. The minimum atomic E-state index is -0.478. The van der Waals surface area contributed by atoms with Crippen LogP contribution in [0.5, 0.6) is 0 Å². The summed E-state index contributed by atoms with van der Waals surface area (Å²) in [5.74, 6) is 0. The SMILES string of the molecule is CSc1cc(Cl)c(Cl)cc1[N+](=O)[O-]. The second-order valence-corrected chi connectivity index (χ2v) is 3.86. The third-order valence-corrected chi connectivity index (χ3v) is 2.91. The average Bonchev–Trinajstić information content (AvgIpc) is 2.08. The van der Waals surface area contributed by atoms with Crippen LogP contribution >= 0.6 is 35.0 Å². The lowest BCUT2D eigenvalue weighted by molar-refractivity contribution is -0.387. The zero-order valence-corrected chi connectivity index (χ0v) is 8.91. The number of thioether (sulfide) groups is 1. The zero-order valence-electron chi connectivity index (χ0n) is 6.58. The first-order valence-corrected chi connectivity index (χ1v) is 5.21. The molecule has 0 spiro atoms. The van der Waals surface area contributed by atoms with E-state index in [1.54, 1.807) is 6.26 Å². The number of nitrogens with zero attached hydrogens (tertiary/aromatic N) is 1. The third kappa shape index (κ3) is 2.27. The number of hydrogen-bond acceptors (Lipinski definition) is 3. The fraction of sp³-hybridized carbons (Fsp3) is 0.143. The quantitative estimate of drug-likeness (QED) is 0.449. The summed E-state index contributed by atoms with van der Waals surface area (Å²) in [5, 5.41) is 11.1. The molecule has 3 nitrogen and oxygen atoms in total. The van der Waals surface area contributed by atoms with Gasteiger partial charge in [0.2, 0.25) is 0 Å². The van der Waals surface area contributed by atoms with Gasteiger partial charge in [0.1, 0.15) is 0 Å². The summed E-state index contributed by atoms with van der Waals surface area (Å²) in [4.78, 5) is 10.6. The molecule has 0 aromatic heterocycles. The van der Waals surface area contributed by atoms with Crippen molar-refractivity contribution in [2.75, 3.05) is 6.26 Å². The molecule has 0 fully saturated rings. The highest BCUT2D eigenvalue weighted by Gasteiger charge is 2.15. The maximum absolute atomic E-state index is 10.5. The molecule has 1 aromatic carbocycles. The molecule has 0 aliphatic rings. The summed E-state index contributed by atoms with van der Waals surface area (Å²) in [5.41, 5.74) is -0.0121. The van der Waals surface area contributed by atoms with Gasteiger partial charge in [0.25, 0.3) is 5.69 Å². The standard InChI is InChI=1S/C7H5Cl2NO2S/c1-13-7-3-5(9)4(8)2-6(7)10(11)12/h2-3H,1H3. The topological polar surface area (TPSA) is 43.1 Å². The number of nitro benzene ring substituents is 1. The predicted octanol–water partition coefficient (Wildman–Crippen LogP) is 3.62. The molecule has 70 valence electrons. The molecule has 0 radical (unpaired) electrons. The van der Waals surface area contributed by atoms with Gasteiger partial charge in [0, 0.05) is 6.07 Å². The van der Waals surface area contributed by atoms with E-state index in [-0.39, 0.29) is 10.7 Å². The monoisotopic (exact) mass is 237 g/mol. The van der Waals surface area contributed by atoms with Gasteiger partial charge in [-0.1, -0.05) is 23.2 Å². The molecule has 0 atom stereocenters. The Morgan fingerprint density at radius 3 is 2.38 bits per heavy atom. The van der Waals surface area contributed by atoms with Gasteiger partial charge in [-0.25, -0.2) is 0 Å². The smallest absolute Gasteiger partial charge is 0.258 e. The summed E-state index contributed by atoms with van der Waals surface area (Å²) >= 11 is 12.6. The molecule has 1 rings (SSSR count). The van der Waals surface area contributed by atoms with Gasteiger partial charge in [0.15, 0.2) is 0 Å². The lowest BCUT2D eigenvalue weighted by Gasteiger charge is -2.01. The number of nitro groups is 1. The van der Waals surface area contributed by atoms with Crippen molar-refractivity contribution in [2.45, 2.75) is 4.90 Å². The van der Waals surface area contributed by atoms with Gasteiger partial charge >= 0.3 is 0 Å². The first kappa shape index (κ1) is 10.6. The van der Waals surface area contributed by atoms with Crippen molar-refractivity contribution < 1.29 is 4.92 Å². The van der Waals surface area contributed by atoms with Gasteiger partial charge in [0.05, 0.1) is 19.9 Å². The molecule has 0 heterocycles. The van der Waals surface area contributed by atoms with E-state index < -0.39 is 4.92 Å². The molecule has 0 aliphatic heterocycles. The van der Waals surface area contributed by atoms with Crippen molar-refractivity contribution in [3.63, 3.8) is 0 Å². The highest BCUT2D eigenvalue weighted by molar-refractivity contribution is 7.98. The fourth-order valence-electron chi connectivity index (χ4n) is 0.824. The summed E-state index contributed by atoms with van der Waals surface area (Å²) in [6.45, 7) is 0. The van der Waals surface area contributed by atoms with E-state index in [9.17, 15) is 10.1 Å². The Morgan fingerprint density at radius 2 is 1.92 bits per heavy atom. The van der Waals surface area contributed by atoms with E-state index in [0.29, 0.717) is 9.92 Å². The van der Waals surface area contributed by atoms with E-state index in [0.717, 1.165) is 0 Å². The molecule has 0 N–H and O–H groups in total. The van der Waals surface area contributed by atoms with E-state index in [2.05, 4.69) is 0 Å². The van der Waals surface area contributed by atoms with Crippen LogP contribution in [0.1, 0.15) is 0 Å². The van der Waals surface area contributed by atoms with Gasteiger partial charge < -0.3 is 0 Å². The second-order valence-electron chi connectivity index (χ2n) is 2.20. The van der Waals surface area contributed by atoms with Gasteiger partial charge in [-0.2, -0.15) is 0 Å². The van der Waals surface area contributed by atoms with Crippen molar-refractivity contribution in [1.82, 2.24) is 0 Å². The van der Waals surface area contributed by atoms with Crippen LogP contribution in [0.25, 0.3) is 0 Å². The van der Waals surface area contributed by atoms with Gasteiger partial charge in [-0.3, -0.25) is 10.1 Å². The van der Waals surface area contributed by atoms with Gasteiger partial charge in [-0.15, -0.1) is 11.8 Å². The lowest BCUT2D eigenvalue weighted by atomic mass is 10.3. The molecule has 0 saturated carbocycles. The highest BCUT2D eigenvalue weighted by atomic mass is 35.5. The molecule has 13 heavy (non-hydrogen) atoms. The average molecular weight is 238 g/mol. The normalized spacial score (nSPS) is 10.1. The first-order chi connectivity index (χ1) is 6.06. The predicted molar refractivity (Wildman–Crippen MR) is 54.9 cm³/mol. The van der Waals surface area contributed by atoms with Crippen LogP contribution in [0.15, 0.2) is 17.0 Å². The summed E-state index contributed by atoms with van der Waals surface area (Å²) in [6.07, 6.45) is 1.74. The van der Waals surface area contributed by atoms with Crippen molar-refractivity contribution >= 4 is 40.7 Å². The maximum Gasteiger partial charge on any atom is 0.284 e. The molecule has 0 saturated heterocycles. The van der Waals surface area contributed by atoms with Crippen LogP contribution in [0.3, 0.4) is 0 Å².